The number of benzene rings is 1. The van der Waals surface area contributed by atoms with Crippen molar-refractivity contribution in [3.63, 3.8) is 0 Å². The van der Waals surface area contributed by atoms with Gasteiger partial charge in [0.2, 0.25) is 0 Å². The number of aliphatic hydroxyl groups excluding tert-OH is 1. The lowest BCUT2D eigenvalue weighted by Crippen LogP contribution is -2.36. The number of hydrogen-bond acceptors (Lipinski definition) is 4. The van der Waals surface area contributed by atoms with Crippen LogP contribution >= 0.6 is 0 Å². The van der Waals surface area contributed by atoms with Crippen molar-refractivity contribution in [3.8, 4) is 0 Å². The lowest BCUT2D eigenvalue weighted by molar-refractivity contribution is 0.136. The fraction of sp³-hybridized carbons (Fsp3) is 0.462. The molecule has 18 heavy (non-hydrogen) atoms. The third kappa shape index (κ3) is 3.72. The van der Waals surface area contributed by atoms with E-state index >= 15 is 0 Å². The van der Waals surface area contributed by atoms with Crippen molar-refractivity contribution in [1.82, 2.24) is 10.6 Å². The zero-order valence-electron chi connectivity index (χ0n) is 10.1. The molecule has 1 aromatic rings. The Hall–Kier alpha value is -1.59. The van der Waals surface area contributed by atoms with Gasteiger partial charge < -0.3 is 20.5 Å². The summed E-state index contributed by atoms with van der Waals surface area (Å²) in [5.41, 5.74) is 0.963. The Morgan fingerprint density at radius 1 is 1.44 bits per heavy atom. The minimum Gasteiger partial charge on any atom is -0.445 e. The first kappa shape index (κ1) is 12.9. The molecule has 1 aromatic carbocycles. The van der Waals surface area contributed by atoms with Crippen molar-refractivity contribution >= 4 is 6.09 Å². The molecule has 0 aromatic heterocycles. The maximum Gasteiger partial charge on any atom is 0.407 e. The Morgan fingerprint density at radius 2 is 2.22 bits per heavy atom. The molecule has 98 valence electrons. The van der Waals surface area contributed by atoms with Gasteiger partial charge in [-0.15, -0.1) is 0 Å². The van der Waals surface area contributed by atoms with Crippen LogP contribution in [0.3, 0.4) is 0 Å². The van der Waals surface area contributed by atoms with E-state index in [0.717, 1.165) is 12.0 Å². The van der Waals surface area contributed by atoms with E-state index in [0.29, 0.717) is 6.54 Å². The van der Waals surface area contributed by atoms with E-state index < -0.39 is 6.09 Å². The van der Waals surface area contributed by atoms with Crippen LogP contribution in [-0.2, 0) is 11.3 Å². The molecule has 0 radical (unpaired) electrons. The molecular formula is C13H18N2O3. The molecule has 0 saturated carbocycles. The summed E-state index contributed by atoms with van der Waals surface area (Å²) in [7, 11) is 0. The maximum atomic E-state index is 11.5. The normalized spacial score (nSPS) is 22.7. The number of ether oxygens (including phenoxy) is 1. The Balaban J connectivity index is 1.70. The molecule has 2 atom stereocenters. The van der Waals surface area contributed by atoms with E-state index in [1.54, 1.807) is 0 Å². The average molecular weight is 250 g/mol. The van der Waals surface area contributed by atoms with Crippen LogP contribution in [0, 0.1) is 0 Å². The lowest BCUT2D eigenvalue weighted by Gasteiger charge is -2.12. The van der Waals surface area contributed by atoms with E-state index in [-0.39, 0.29) is 25.3 Å². The maximum absolute atomic E-state index is 11.5. The lowest BCUT2D eigenvalue weighted by atomic mass is 10.2. The number of nitrogens with one attached hydrogen (secondary N) is 2. The summed E-state index contributed by atoms with van der Waals surface area (Å²) in [6, 6.07) is 9.66. The van der Waals surface area contributed by atoms with Gasteiger partial charge in [-0.2, -0.15) is 0 Å². The standard InChI is InChI=1S/C13H18N2O3/c16-8-12-6-11(7-14-12)15-13(17)18-9-10-4-2-1-3-5-10/h1-5,11-12,14,16H,6-9H2,(H,15,17)/t11?,12-/m0/s1. The van der Waals surface area contributed by atoms with Crippen molar-refractivity contribution in [1.29, 1.82) is 0 Å². The number of rotatable bonds is 4. The van der Waals surface area contributed by atoms with Gasteiger partial charge in [0, 0.05) is 18.6 Å². The highest BCUT2D eigenvalue weighted by molar-refractivity contribution is 5.67. The third-order valence-corrected chi connectivity index (χ3v) is 2.98. The van der Waals surface area contributed by atoms with Gasteiger partial charge in [-0.3, -0.25) is 0 Å². The summed E-state index contributed by atoms with van der Waals surface area (Å²) in [4.78, 5) is 11.5. The van der Waals surface area contributed by atoms with Crippen molar-refractivity contribution in [2.75, 3.05) is 13.2 Å². The molecule has 0 bridgehead atoms. The molecule has 1 amide bonds. The first-order valence-corrected chi connectivity index (χ1v) is 6.09. The molecule has 5 nitrogen and oxygen atoms in total. The van der Waals surface area contributed by atoms with Crippen molar-refractivity contribution in [2.45, 2.75) is 25.1 Å². The van der Waals surface area contributed by atoms with Crippen LogP contribution in [0.25, 0.3) is 0 Å². The number of hydrogen-bond donors (Lipinski definition) is 3. The summed E-state index contributed by atoms with van der Waals surface area (Å²) < 4.78 is 5.12. The topological polar surface area (TPSA) is 70.6 Å². The fourth-order valence-corrected chi connectivity index (χ4v) is 2.00. The second-order valence-corrected chi connectivity index (χ2v) is 4.43. The van der Waals surface area contributed by atoms with Crippen LogP contribution in [0.5, 0.6) is 0 Å². The highest BCUT2D eigenvalue weighted by atomic mass is 16.5. The minimum absolute atomic E-state index is 0.0328. The third-order valence-electron chi connectivity index (χ3n) is 2.98. The highest BCUT2D eigenvalue weighted by Gasteiger charge is 2.24. The van der Waals surface area contributed by atoms with E-state index in [9.17, 15) is 4.79 Å². The molecule has 3 N–H and O–H groups in total. The van der Waals surface area contributed by atoms with Gasteiger partial charge >= 0.3 is 6.09 Å². The van der Waals surface area contributed by atoms with Gasteiger partial charge in [0.1, 0.15) is 6.61 Å². The van der Waals surface area contributed by atoms with Gasteiger partial charge in [-0.25, -0.2) is 4.79 Å². The zero-order valence-corrected chi connectivity index (χ0v) is 10.1. The van der Waals surface area contributed by atoms with Gasteiger partial charge in [0.25, 0.3) is 0 Å². The molecule has 0 spiro atoms. The Labute approximate surface area is 106 Å². The Morgan fingerprint density at radius 3 is 2.89 bits per heavy atom. The summed E-state index contributed by atoms with van der Waals surface area (Å²) in [6.45, 7) is 1.04. The molecule has 1 aliphatic rings. The van der Waals surface area contributed by atoms with Gasteiger partial charge in [-0.1, -0.05) is 30.3 Å². The largest absolute Gasteiger partial charge is 0.445 e. The van der Waals surface area contributed by atoms with Crippen molar-refractivity contribution in [2.24, 2.45) is 0 Å². The van der Waals surface area contributed by atoms with Crippen LogP contribution in [0.1, 0.15) is 12.0 Å². The highest BCUT2D eigenvalue weighted by Crippen LogP contribution is 2.06. The van der Waals surface area contributed by atoms with Gasteiger partial charge in [0.15, 0.2) is 0 Å². The smallest absolute Gasteiger partial charge is 0.407 e. The molecular weight excluding hydrogens is 232 g/mol. The number of amides is 1. The number of carbonyl (C=O) groups is 1. The van der Waals surface area contributed by atoms with Crippen molar-refractivity contribution < 1.29 is 14.6 Å². The second kappa shape index (κ2) is 6.37. The first-order valence-electron chi connectivity index (χ1n) is 6.09. The SMILES string of the molecule is O=C(NC1CN[C@H](CO)C1)OCc1ccccc1. The zero-order chi connectivity index (χ0) is 12.8. The summed E-state index contributed by atoms with van der Waals surface area (Å²) in [5, 5.41) is 14.9. The molecule has 1 fully saturated rings. The number of alkyl carbamates (subject to hydrolysis) is 1. The number of carbonyl (C=O) groups excluding carboxylic acids is 1. The minimum atomic E-state index is -0.413. The van der Waals surface area contributed by atoms with Crippen LogP contribution < -0.4 is 10.6 Å². The van der Waals surface area contributed by atoms with Crippen molar-refractivity contribution in [3.05, 3.63) is 35.9 Å². The van der Waals surface area contributed by atoms with Crippen LogP contribution in [0.4, 0.5) is 4.79 Å². The molecule has 1 saturated heterocycles. The average Bonchev–Trinajstić information content (AvgIpc) is 2.85. The van der Waals surface area contributed by atoms with Gasteiger partial charge in [-0.05, 0) is 12.0 Å². The quantitative estimate of drug-likeness (QED) is 0.733. The molecule has 1 unspecified atom stereocenters. The fourth-order valence-electron chi connectivity index (χ4n) is 2.00. The Kier molecular flexibility index (Phi) is 4.55. The van der Waals surface area contributed by atoms with Crippen LogP contribution in [0.2, 0.25) is 0 Å². The number of aliphatic hydroxyl groups is 1. The molecule has 5 heteroatoms. The van der Waals surface area contributed by atoms with Crippen LogP contribution in [0.15, 0.2) is 30.3 Å². The van der Waals surface area contributed by atoms with E-state index in [1.165, 1.54) is 0 Å². The van der Waals surface area contributed by atoms with Gasteiger partial charge in [0.05, 0.1) is 6.61 Å². The van der Waals surface area contributed by atoms with E-state index in [1.807, 2.05) is 30.3 Å². The molecule has 2 rings (SSSR count). The molecule has 1 heterocycles. The predicted molar refractivity (Wildman–Crippen MR) is 67.0 cm³/mol. The predicted octanol–water partition coefficient (Wildman–Crippen LogP) is 0.636. The van der Waals surface area contributed by atoms with E-state index in [4.69, 9.17) is 9.84 Å². The second-order valence-electron chi connectivity index (χ2n) is 4.43. The first-order chi connectivity index (χ1) is 8.78. The summed E-state index contributed by atoms with van der Waals surface area (Å²) in [6.07, 6.45) is 0.320. The molecule has 1 aliphatic heterocycles. The van der Waals surface area contributed by atoms with E-state index in [2.05, 4.69) is 10.6 Å². The monoisotopic (exact) mass is 250 g/mol. The summed E-state index contributed by atoms with van der Waals surface area (Å²) in [5.74, 6) is 0. The van der Waals surface area contributed by atoms with Crippen LogP contribution in [-0.4, -0.2) is 36.4 Å². The molecule has 0 aliphatic carbocycles. The summed E-state index contributed by atoms with van der Waals surface area (Å²) >= 11 is 0. The Bertz CT molecular complexity index is 383.